The van der Waals surface area contributed by atoms with Crippen molar-refractivity contribution in [3.63, 3.8) is 0 Å². The molecular formula is C19H19N3O5S2. The third kappa shape index (κ3) is 5.15. The van der Waals surface area contributed by atoms with Gasteiger partial charge in [0.05, 0.1) is 26.6 Å². The Morgan fingerprint density at radius 2 is 1.93 bits per heavy atom. The van der Waals surface area contributed by atoms with E-state index in [0.717, 1.165) is 5.52 Å². The Bertz CT molecular complexity index is 1230. The van der Waals surface area contributed by atoms with Gasteiger partial charge < -0.3 is 4.57 Å². The van der Waals surface area contributed by atoms with Crippen LogP contribution in [0.5, 0.6) is 0 Å². The number of amides is 1. The zero-order valence-corrected chi connectivity index (χ0v) is 17.3. The summed E-state index contributed by atoms with van der Waals surface area (Å²) >= 11 is 1.17. The van der Waals surface area contributed by atoms with E-state index >= 15 is 0 Å². The van der Waals surface area contributed by atoms with Crippen molar-refractivity contribution < 1.29 is 18.1 Å². The topological polar surface area (TPSA) is 112 Å². The van der Waals surface area contributed by atoms with Gasteiger partial charge >= 0.3 is 0 Å². The summed E-state index contributed by atoms with van der Waals surface area (Å²) < 4.78 is 26.9. The Morgan fingerprint density at radius 1 is 1.21 bits per heavy atom. The third-order valence-electron chi connectivity index (χ3n) is 4.27. The van der Waals surface area contributed by atoms with Gasteiger partial charge in [0.15, 0.2) is 14.6 Å². The van der Waals surface area contributed by atoms with Crippen LogP contribution in [-0.4, -0.2) is 29.6 Å². The van der Waals surface area contributed by atoms with Crippen molar-refractivity contribution in [1.82, 2.24) is 4.57 Å². The minimum atomic E-state index is -3.44. The summed E-state index contributed by atoms with van der Waals surface area (Å²) in [4.78, 5) is 27.2. The molecule has 29 heavy (non-hydrogen) atoms. The fourth-order valence-corrected chi connectivity index (χ4v) is 5.35. The number of aryl methyl sites for hydroxylation is 1. The van der Waals surface area contributed by atoms with Gasteiger partial charge in [0.2, 0.25) is 5.91 Å². The molecule has 0 aliphatic carbocycles. The quantitative estimate of drug-likeness (QED) is 0.420. The van der Waals surface area contributed by atoms with Crippen LogP contribution in [0.25, 0.3) is 10.2 Å². The molecule has 0 radical (unpaired) electrons. The molecule has 0 saturated carbocycles. The van der Waals surface area contributed by atoms with E-state index in [2.05, 4.69) is 4.99 Å². The van der Waals surface area contributed by atoms with E-state index in [1.54, 1.807) is 41.0 Å². The maximum Gasteiger partial charge on any atom is 0.270 e. The fraction of sp³-hybridized carbons (Fsp3) is 0.263. The molecule has 0 saturated heterocycles. The summed E-state index contributed by atoms with van der Waals surface area (Å²) in [5.41, 5.74) is 1.38. The Hall–Kier alpha value is -2.85. The number of carbonyl (C=O) groups is 1. The molecule has 1 heterocycles. The first-order chi connectivity index (χ1) is 13.8. The average Bonchev–Trinajstić information content (AvgIpc) is 3.03. The van der Waals surface area contributed by atoms with Crippen LogP contribution in [0, 0.1) is 10.1 Å². The minimum Gasteiger partial charge on any atom is -0.317 e. The molecule has 0 N–H and O–H groups in total. The highest BCUT2D eigenvalue weighted by Gasteiger charge is 2.15. The molecule has 1 aromatic heterocycles. The summed E-state index contributed by atoms with van der Waals surface area (Å²) in [6.45, 7) is 2.40. The van der Waals surface area contributed by atoms with Crippen molar-refractivity contribution in [2.45, 2.75) is 25.6 Å². The summed E-state index contributed by atoms with van der Waals surface area (Å²) in [6.07, 6.45) is -0.215. The first kappa shape index (κ1) is 20.9. The summed E-state index contributed by atoms with van der Waals surface area (Å²) in [5.74, 6) is -0.945. The first-order valence-corrected chi connectivity index (χ1v) is 11.5. The summed E-state index contributed by atoms with van der Waals surface area (Å²) in [6, 6.07) is 13.3. The lowest BCUT2D eigenvalue weighted by Gasteiger charge is -2.03. The fourth-order valence-electron chi connectivity index (χ4n) is 2.87. The van der Waals surface area contributed by atoms with Crippen molar-refractivity contribution in [2.75, 3.05) is 5.75 Å². The second-order valence-electron chi connectivity index (χ2n) is 6.37. The molecule has 2 aromatic carbocycles. The van der Waals surface area contributed by atoms with Crippen LogP contribution >= 0.6 is 11.3 Å². The molecule has 0 unspecified atom stereocenters. The maximum absolute atomic E-state index is 12.3. The van der Waals surface area contributed by atoms with Gasteiger partial charge in [-0.1, -0.05) is 41.7 Å². The predicted octanol–water partition coefficient (Wildman–Crippen LogP) is 3.06. The Balaban J connectivity index is 1.79. The zero-order valence-electron chi connectivity index (χ0n) is 15.6. The highest BCUT2D eigenvalue weighted by molar-refractivity contribution is 7.90. The largest absolute Gasteiger partial charge is 0.317 e. The zero-order chi connectivity index (χ0) is 21.0. The van der Waals surface area contributed by atoms with Gasteiger partial charge in [-0.05, 0) is 18.6 Å². The number of thiazole rings is 1. The number of benzene rings is 2. The number of aromatic nitrogens is 1. The van der Waals surface area contributed by atoms with Gasteiger partial charge in [0, 0.05) is 25.1 Å². The number of hydrogen-bond acceptors (Lipinski definition) is 6. The molecular weight excluding hydrogens is 414 g/mol. The predicted molar refractivity (Wildman–Crippen MR) is 111 cm³/mol. The molecule has 152 valence electrons. The second kappa shape index (κ2) is 8.66. The van der Waals surface area contributed by atoms with Crippen LogP contribution < -0.4 is 4.80 Å². The maximum atomic E-state index is 12.3. The van der Waals surface area contributed by atoms with E-state index in [1.165, 1.54) is 23.5 Å². The molecule has 10 heteroatoms. The number of sulfone groups is 1. The number of rotatable bonds is 7. The molecule has 3 aromatic rings. The number of fused-ring (bicyclic) bond motifs is 1. The molecule has 0 aliphatic rings. The van der Waals surface area contributed by atoms with E-state index < -0.39 is 20.7 Å². The van der Waals surface area contributed by atoms with Crippen LogP contribution in [-0.2, 0) is 26.9 Å². The van der Waals surface area contributed by atoms with E-state index in [0.29, 0.717) is 21.6 Å². The smallest absolute Gasteiger partial charge is 0.270 e. The van der Waals surface area contributed by atoms with Crippen LogP contribution in [0.4, 0.5) is 5.69 Å². The molecule has 0 spiro atoms. The van der Waals surface area contributed by atoms with E-state index in [-0.39, 0.29) is 23.6 Å². The third-order valence-corrected chi connectivity index (χ3v) is 6.91. The Kier molecular flexibility index (Phi) is 6.23. The number of carbonyl (C=O) groups excluding carboxylic acids is 1. The molecule has 0 fully saturated rings. The monoisotopic (exact) mass is 433 g/mol. The van der Waals surface area contributed by atoms with Crippen LogP contribution in [0.2, 0.25) is 0 Å². The van der Waals surface area contributed by atoms with Gasteiger partial charge in [-0.2, -0.15) is 4.99 Å². The van der Waals surface area contributed by atoms with Gasteiger partial charge in [-0.15, -0.1) is 0 Å². The average molecular weight is 434 g/mol. The van der Waals surface area contributed by atoms with Crippen molar-refractivity contribution in [3.05, 3.63) is 69.0 Å². The highest BCUT2D eigenvalue weighted by Crippen LogP contribution is 2.23. The van der Waals surface area contributed by atoms with Crippen LogP contribution in [0.15, 0.2) is 53.5 Å². The normalized spacial score (nSPS) is 12.4. The molecule has 0 atom stereocenters. The molecule has 0 aliphatic heterocycles. The lowest BCUT2D eigenvalue weighted by atomic mass is 10.2. The van der Waals surface area contributed by atoms with Gasteiger partial charge in [-0.25, -0.2) is 8.42 Å². The van der Waals surface area contributed by atoms with Gasteiger partial charge in [-0.3, -0.25) is 14.9 Å². The summed E-state index contributed by atoms with van der Waals surface area (Å²) in [5, 5.41) is 11.0. The Labute approximate surface area is 171 Å². The molecule has 3 rings (SSSR count). The van der Waals surface area contributed by atoms with Gasteiger partial charge in [0.25, 0.3) is 5.69 Å². The lowest BCUT2D eigenvalue weighted by Crippen LogP contribution is -2.18. The van der Waals surface area contributed by atoms with Crippen LogP contribution in [0.1, 0.15) is 18.9 Å². The molecule has 0 bridgehead atoms. The van der Waals surface area contributed by atoms with E-state index in [1.807, 2.05) is 6.92 Å². The SMILES string of the molecule is CCn1c(=NC(=O)CCS(=O)(=O)Cc2ccccc2)sc2cc([N+](=O)[O-])ccc21. The number of nitro benzene ring substituents is 1. The lowest BCUT2D eigenvalue weighted by molar-refractivity contribution is -0.384. The number of nitro groups is 1. The van der Waals surface area contributed by atoms with Gasteiger partial charge in [0.1, 0.15) is 0 Å². The minimum absolute atomic E-state index is 0.0353. The first-order valence-electron chi connectivity index (χ1n) is 8.89. The highest BCUT2D eigenvalue weighted by atomic mass is 32.2. The number of non-ortho nitro benzene ring substituents is 1. The number of hydrogen-bond donors (Lipinski definition) is 0. The number of nitrogens with zero attached hydrogens (tertiary/aromatic N) is 3. The van der Waals surface area contributed by atoms with Crippen LogP contribution in [0.3, 0.4) is 0 Å². The van der Waals surface area contributed by atoms with E-state index in [9.17, 15) is 23.3 Å². The van der Waals surface area contributed by atoms with Crippen molar-refractivity contribution in [3.8, 4) is 0 Å². The van der Waals surface area contributed by atoms with Crippen molar-refractivity contribution >= 4 is 43.0 Å². The second-order valence-corrected chi connectivity index (χ2v) is 9.56. The molecule has 1 amide bonds. The standard InChI is InChI=1S/C19H19N3O5S2/c1-2-21-16-9-8-15(22(24)25)12-17(16)28-19(21)20-18(23)10-11-29(26,27)13-14-6-4-3-5-7-14/h3-9,12H,2,10-11,13H2,1H3. The molecule has 8 nitrogen and oxygen atoms in total. The summed E-state index contributed by atoms with van der Waals surface area (Å²) in [7, 11) is -3.44. The van der Waals surface area contributed by atoms with Crippen molar-refractivity contribution in [1.29, 1.82) is 0 Å². The van der Waals surface area contributed by atoms with E-state index in [4.69, 9.17) is 0 Å². The Morgan fingerprint density at radius 3 is 2.59 bits per heavy atom. The van der Waals surface area contributed by atoms with Crippen molar-refractivity contribution in [2.24, 2.45) is 4.99 Å².